The number of nitrogens with zero attached hydrogens (tertiary/aromatic N) is 5. The quantitative estimate of drug-likeness (QED) is 0.358. The normalized spacial score (nSPS) is 13.9. The number of hydrogen-bond donors (Lipinski definition) is 2. The van der Waals surface area contributed by atoms with Crippen molar-refractivity contribution >= 4 is 39.0 Å². The van der Waals surface area contributed by atoms with Crippen LogP contribution in [-0.4, -0.2) is 72.2 Å². The summed E-state index contributed by atoms with van der Waals surface area (Å²) in [6.45, 7) is 2.37. The molecule has 0 spiro atoms. The molecule has 0 unspecified atom stereocenters. The average molecular weight is 552 g/mol. The van der Waals surface area contributed by atoms with Crippen molar-refractivity contribution < 1.29 is 22.4 Å². The number of aromatic nitrogens is 3. The van der Waals surface area contributed by atoms with Crippen LogP contribution < -0.4 is 14.9 Å². The lowest BCUT2D eigenvalue weighted by molar-refractivity contribution is 0.0746. The van der Waals surface area contributed by atoms with Gasteiger partial charge in [0.2, 0.25) is 10.0 Å². The highest BCUT2D eigenvalue weighted by Crippen LogP contribution is 2.23. The number of anilines is 2. The molecule has 1 fully saturated rings. The van der Waals surface area contributed by atoms with Gasteiger partial charge in [-0.3, -0.25) is 9.59 Å². The van der Waals surface area contributed by atoms with Crippen molar-refractivity contribution in [2.75, 3.05) is 42.7 Å². The SMILES string of the molecule is CS(=O)(=O)NC(=O)c1cnn2c(NCc3ccccc3)c(C(=O)N3CCN(c4ccc(F)cc4)CC3)cnc12. The Morgan fingerprint density at radius 3 is 2.31 bits per heavy atom. The van der Waals surface area contributed by atoms with E-state index >= 15 is 0 Å². The van der Waals surface area contributed by atoms with Gasteiger partial charge >= 0.3 is 0 Å². The molecular formula is C26H26FN7O4S. The summed E-state index contributed by atoms with van der Waals surface area (Å²) in [5, 5.41) is 7.51. The molecule has 11 nitrogen and oxygen atoms in total. The summed E-state index contributed by atoms with van der Waals surface area (Å²) in [5.74, 6) is -1.11. The summed E-state index contributed by atoms with van der Waals surface area (Å²) in [5.41, 5.74) is 2.15. The van der Waals surface area contributed by atoms with Crippen LogP contribution in [-0.2, 0) is 16.6 Å². The van der Waals surface area contributed by atoms with Crippen molar-refractivity contribution in [1.29, 1.82) is 0 Å². The number of amides is 2. The number of fused-ring (bicyclic) bond motifs is 1. The number of hydrogen-bond acceptors (Lipinski definition) is 8. The molecule has 1 aliphatic heterocycles. The third kappa shape index (κ3) is 5.82. The van der Waals surface area contributed by atoms with Gasteiger partial charge in [-0.05, 0) is 29.8 Å². The predicted octanol–water partition coefficient (Wildman–Crippen LogP) is 2.13. The second kappa shape index (κ2) is 10.7. The van der Waals surface area contributed by atoms with Crippen molar-refractivity contribution in [3.63, 3.8) is 0 Å². The largest absolute Gasteiger partial charge is 0.368 e. The molecule has 0 bridgehead atoms. The molecule has 2 aromatic carbocycles. The van der Waals surface area contributed by atoms with E-state index in [4.69, 9.17) is 0 Å². The molecule has 2 amide bonds. The van der Waals surface area contributed by atoms with Gasteiger partial charge < -0.3 is 15.1 Å². The van der Waals surface area contributed by atoms with Crippen LogP contribution in [0.3, 0.4) is 0 Å². The highest BCUT2D eigenvalue weighted by Gasteiger charge is 2.27. The number of benzene rings is 2. The van der Waals surface area contributed by atoms with E-state index in [2.05, 4.69) is 20.3 Å². The van der Waals surface area contributed by atoms with Crippen LogP contribution in [0.4, 0.5) is 15.9 Å². The zero-order chi connectivity index (χ0) is 27.6. The first-order valence-corrected chi connectivity index (χ1v) is 14.1. The van der Waals surface area contributed by atoms with Crippen molar-refractivity contribution in [3.8, 4) is 0 Å². The van der Waals surface area contributed by atoms with Crippen molar-refractivity contribution in [1.82, 2.24) is 24.2 Å². The smallest absolute Gasteiger partial charge is 0.270 e. The van der Waals surface area contributed by atoms with Crippen molar-refractivity contribution in [2.45, 2.75) is 6.54 Å². The lowest BCUT2D eigenvalue weighted by Crippen LogP contribution is -2.49. The third-order valence-electron chi connectivity index (χ3n) is 6.34. The first kappa shape index (κ1) is 26.1. The Morgan fingerprint density at radius 1 is 0.949 bits per heavy atom. The minimum absolute atomic E-state index is 0.0462. The van der Waals surface area contributed by atoms with Crippen LogP contribution in [0.25, 0.3) is 5.65 Å². The predicted molar refractivity (Wildman–Crippen MR) is 144 cm³/mol. The van der Waals surface area contributed by atoms with Crippen LogP contribution in [0.2, 0.25) is 0 Å². The summed E-state index contributed by atoms with van der Waals surface area (Å²) in [6.07, 6.45) is 3.46. The molecule has 202 valence electrons. The van der Waals surface area contributed by atoms with E-state index in [1.807, 2.05) is 35.1 Å². The van der Waals surface area contributed by atoms with Crippen LogP contribution in [0.5, 0.6) is 0 Å². The number of nitrogens with one attached hydrogen (secondary N) is 2. The molecule has 0 radical (unpaired) electrons. The lowest BCUT2D eigenvalue weighted by Gasteiger charge is -2.36. The Morgan fingerprint density at radius 2 is 1.64 bits per heavy atom. The molecular weight excluding hydrogens is 525 g/mol. The topological polar surface area (TPSA) is 129 Å². The summed E-state index contributed by atoms with van der Waals surface area (Å²) in [4.78, 5) is 34.3. The molecule has 4 aromatic rings. The van der Waals surface area contributed by atoms with E-state index in [1.165, 1.54) is 29.0 Å². The number of rotatable bonds is 7. The fourth-order valence-corrected chi connectivity index (χ4v) is 4.86. The fourth-order valence-electron chi connectivity index (χ4n) is 4.41. The molecule has 1 aliphatic rings. The molecule has 1 saturated heterocycles. The molecule has 2 aromatic heterocycles. The first-order chi connectivity index (χ1) is 18.7. The summed E-state index contributed by atoms with van der Waals surface area (Å²) in [7, 11) is -3.80. The van der Waals surface area contributed by atoms with E-state index in [0.717, 1.165) is 17.5 Å². The van der Waals surface area contributed by atoms with Gasteiger partial charge in [-0.2, -0.15) is 9.61 Å². The Kier molecular flexibility index (Phi) is 7.15. The molecule has 5 rings (SSSR count). The Hall–Kier alpha value is -4.52. The van der Waals surface area contributed by atoms with Gasteiger partial charge in [0.1, 0.15) is 22.8 Å². The summed E-state index contributed by atoms with van der Waals surface area (Å²) < 4.78 is 39.7. The third-order valence-corrected chi connectivity index (χ3v) is 6.90. The van der Waals surface area contributed by atoms with Crippen molar-refractivity contribution in [3.05, 3.63) is 89.5 Å². The van der Waals surface area contributed by atoms with E-state index in [-0.39, 0.29) is 28.5 Å². The maximum atomic E-state index is 13.7. The van der Waals surface area contributed by atoms with Crippen LogP contribution in [0.15, 0.2) is 67.0 Å². The van der Waals surface area contributed by atoms with E-state index < -0.39 is 15.9 Å². The van der Waals surface area contributed by atoms with Crippen molar-refractivity contribution in [2.24, 2.45) is 0 Å². The zero-order valence-electron chi connectivity index (χ0n) is 21.0. The van der Waals surface area contributed by atoms with Gasteiger partial charge in [0.15, 0.2) is 5.65 Å². The number of carbonyl (C=O) groups excluding carboxylic acids is 2. The molecule has 13 heteroatoms. The van der Waals surface area contributed by atoms with Crippen LogP contribution in [0, 0.1) is 5.82 Å². The average Bonchev–Trinajstić information content (AvgIpc) is 3.36. The molecule has 0 saturated carbocycles. The van der Waals surface area contributed by atoms with Gasteiger partial charge in [-0.1, -0.05) is 30.3 Å². The van der Waals surface area contributed by atoms with E-state index in [9.17, 15) is 22.4 Å². The van der Waals surface area contributed by atoms with Gasteiger partial charge in [0.25, 0.3) is 11.8 Å². The monoisotopic (exact) mass is 551 g/mol. The molecule has 0 aliphatic carbocycles. The Bertz CT molecular complexity index is 1620. The molecule has 39 heavy (non-hydrogen) atoms. The Balaban J connectivity index is 1.43. The van der Waals surface area contributed by atoms with Crippen LogP contribution in [0.1, 0.15) is 26.3 Å². The van der Waals surface area contributed by atoms with Crippen LogP contribution >= 0.6 is 0 Å². The summed E-state index contributed by atoms with van der Waals surface area (Å²) >= 11 is 0. The first-order valence-electron chi connectivity index (χ1n) is 12.2. The molecule has 3 heterocycles. The minimum Gasteiger partial charge on any atom is -0.368 e. The molecule has 0 atom stereocenters. The summed E-state index contributed by atoms with van der Waals surface area (Å²) in [6, 6.07) is 15.8. The fraction of sp³-hybridized carbons (Fsp3) is 0.231. The zero-order valence-corrected chi connectivity index (χ0v) is 21.9. The second-order valence-electron chi connectivity index (χ2n) is 9.11. The van der Waals surface area contributed by atoms with Gasteiger partial charge in [-0.15, -0.1) is 0 Å². The Labute approximate surface area is 224 Å². The van der Waals surface area contributed by atoms with E-state index in [1.54, 1.807) is 17.0 Å². The standard InChI is InChI=1S/C26H26FN7O4S/c1-39(37,38)31-25(35)21-17-30-34-23(21)29-16-22(24(34)28-15-18-5-3-2-4-6-18)26(36)33-13-11-32(12-14-33)20-9-7-19(27)8-10-20/h2-10,16-17,28H,11-15H2,1H3,(H,31,35). The number of piperazine rings is 1. The maximum absolute atomic E-state index is 13.7. The van der Waals surface area contributed by atoms with E-state index in [0.29, 0.717) is 38.5 Å². The second-order valence-corrected chi connectivity index (χ2v) is 10.9. The lowest BCUT2D eigenvalue weighted by atomic mass is 10.2. The van der Waals surface area contributed by atoms with Gasteiger partial charge in [0.05, 0.1) is 12.5 Å². The molecule has 2 N–H and O–H groups in total. The number of sulfonamides is 1. The maximum Gasteiger partial charge on any atom is 0.270 e. The number of halogens is 1. The van der Waals surface area contributed by atoms with Gasteiger partial charge in [0, 0.05) is 44.6 Å². The minimum atomic E-state index is -3.80. The number of carbonyl (C=O) groups is 2. The highest BCUT2D eigenvalue weighted by atomic mass is 32.2. The highest BCUT2D eigenvalue weighted by molar-refractivity contribution is 7.89. The van der Waals surface area contributed by atoms with Gasteiger partial charge in [-0.25, -0.2) is 22.5 Å².